The Labute approximate surface area is 118 Å². The van der Waals surface area contributed by atoms with Gasteiger partial charge in [0.15, 0.2) is 0 Å². The van der Waals surface area contributed by atoms with E-state index in [0.29, 0.717) is 26.2 Å². The summed E-state index contributed by atoms with van der Waals surface area (Å²) in [6.07, 6.45) is 2.15. The highest BCUT2D eigenvalue weighted by atomic mass is 16.5. The lowest BCUT2D eigenvalue weighted by molar-refractivity contribution is -0.146. The Morgan fingerprint density at radius 2 is 2.10 bits per heavy atom. The van der Waals surface area contributed by atoms with Gasteiger partial charge in [0.25, 0.3) is 0 Å². The van der Waals surface area contributed by atoms with Crippen LogP contribution in [-0.2, 0) is 14.3 Å². The summed E-state index contributed by atoms with van der Waals surface area (Å²) in [7, 11) is 0. The second-order valence-corrected chi connectivity index (χ2v) is 4.90. The van der Waals surface area contributed by atoms with E-state index in [2.05, 4.69) is 5.32 Å². The monoisotopic (exact) mass is 285 g/mol. The third-order valence-electron chi connectivity index (χ3n) is 3.28. The van der Waals surface area contributed by atoms with Crippen molar-refractivity contribution < 1.29 is 19.1 Å². The van der Waals surface area contributed by atoms with E-state index in [1.807, 2.05) is 0 Å². The van der Waals surface area contributed by atoms with Crippen LogP contribution < -0.4 is 11.1 Å². The minimum absolute atomic E-state index is 0.0400. The van der Waals surface area contributed by atoms with E-state index in [9.17, 15) is 14.4 Å². The number of amides is 3. The first-order valence-electron chi connectivity index (χ1n) is 6.99. The molecule has 20 heavy (non-hydrogen) atoms. The van der Waals surface area contributed by atoms with E-state index < -0.39 is 6.03 Å². The van der Waals surface area contributed by atoms with E-state index in [1.165, 1.54) is 0 Å². The summed E-state index contributed by atoms with van der Waals surface area (Å²) in [6, 6.07) is -0.546. The van der Waals surface area contributed by atoms with E-state index in [0.717, 1.165) is 12.8 Å². The number of hydrogen-bond donors (Lipinski definition) is 2. The number of rotatable bonds is 6. The molecule has 1 aliphatic heterocycles. The molecule has 0 bridgehead atoms. The van der Waals surface area contributed by atoms with Crippen LogP contribution in [0.5, 0.6) is 0 Å². The minimum atomic E-state index is -0.546. The molecule has 7 nitrogen and oxygen atoms in total. The quantitative estimate of drug-likeness (QED) is 0.682. The molecule has 1 fully saturated rings. The summed E-state index contributed by atoms with van der Waals surface area (Å²) in [4.78, 5) is 35.6. The lowest BCUT2D eigenvalue weighted by atomic mass is 9.97. The highest BCUT2D eigenvalue weighted by molar-refractivity contribution is 5.81. The number of hydrogen-bond acceptors (Lipinski definition) is 4. The van der Waals surface area contributed by atoms with Gasteiger partial charge in [0, 0.05) is 26.1 Å². The van der Waals surface area contributed by atoms with Crippen molar-refractivity contribution in [2.24, 2.45) is 11.7 Å². The fourth-order valence-corrected chi connectivity index (χ4v) is 2.30. The zero-order valence-corrected chi connectivity index (χ0v) is 11.9. The highest BCUT2D eigenvalue weighted by Crippen LogP contribution is 2.17. The summed E-state index contributed by atoms with van der Waals surface area (Å²) < 4.78 is 4.79. The van der Waals surface area contributed by atoms with Crippen molar-refractivity contribution in [2.75, 3.05) is 26.2 Å². The Balaban J connectivity index is 2.32. The SMILES string of the molecule is CCOC(=O)CCC(=O)N1CCCC(CNC(N)=O)C1. The topological polar surface area (TPSA) is 102 Å². The molecule has 1 unspecified atom stereocenters. The summed E-state index contributed by atoms with van der Waals surface area (Å²) in [5, 5.41) is 2.57. The molecule has 0 aliphatic carbocycles. The van der Waals surface area contributed by atoms with Crippen molar-refractivity contribution in [3.05, 3.63) is 0 Å². The number of carbonyl (C=O) groups excluding carboxylic acids is 3. The van der Waals surface area contributed by atoms with Crippen molar-refractivity contribution >= 4 is 17.9 Å². The Hall–Kier alpha value is -1.79. The fraction of sp³-hybridized carbons (Fsp3) is 0.769. The third-order valence-corrected chi connectivity index (χ3v) is 3.28. The maximum atomic E-state index is 12.0. The number of piperidine rings is 1. The molecule has 0 radical (unpaired) electrons. The summed E-state index contributed by atoms with van der Waals surface area (Å²) in [5.74, 6) is -0.158. The van der Waals surface area contributed by atoms with Gasteiger partial charge in [0.2, 0.25) is 5.91 Å². The number of esters is 1. The summed E-state index contributed by atoms with van der Waals surface area (Å²) in [6.45, 7) is 3.85. The van der Waals surface area contributed by atoms with E-state index in [1.54, 1.807) is 11.8 Å². The van der Waals surface area contributed by atoms with Crippen LogP contribution in [0, 0.1) is 5.92 Å². The largest absolute Gasteiger partial charge is 0.466 e. The van der Waals surface area contributed by atoms with Gasteiger partial charge in [-0.25, -0.2) is 4.79 Å². The molecular formula is C13H23N3O4. The Morgan fingerprint density at radius 3 is 2.75 bits per heavy atom. The summed E-state index contributed by atoms with van der Waals surface area (Å²) >= 11 is 0. The molecule has 1 heterocycles. The Kier molecular flexibility index (Phi) is 6.83. The molecule has 3 amide bonds. The number of nitrogens with one attached hydrogen (secondary N) is 1. The van der Waals surface area contributed by atoms with Crippen LogP contribution in [-0.4, -0.2) is 49.0 Å². The standard InChI is InChI=1S/C13H23N3O4/c1-2-20-12(18)6-5-11(17)16-7-3-4-10(9-16)8-15-13(14)19/h10H,2-9H2,1H3,(H3,14,15,19). The maximum absolute atomic E-state index is 12.0. The van der Waals surface area contributed by atoms with E-state index >= 15 is 0 Å². The zero-order chi connectivity index (χ0) is 15.0. The van der Waals surface area contributed by atoms with Crippen LogP contribution in [0.25, 0.3) is 0 Å². The smallest absolute Gasteiger partial charge is 0.312 e. The van der Waals surface area contributed by atoms with Crippen LogP contribution >= 0.6 is 0 Å². The average molecular weight is 285 g/mol. The molecule has 1 rings (SSSR count). The molecule has 1 saturated heterocycles. The molecule has 0 aromatic heterocycles. The first-order chi connectivity index (χ1) is 9.52. The molecule has 0 spiro atoms. The Morgan fingerprint density at radius 1 is 1.35 bits per heavy atom. The molecule has 1 aliphatic rings. The lowest BCUT2D eigenvalue weighted by Crippen LogP contribution is -2.44. The number of primary amides is 1. The van der Waals surface area contributed by atoms with Crippen molar-refractivity contribution in [1.82, 2.24) is 10.2 Å². The first-order valence-corrected chi connectivity index (χ1v) is 6.99. The van der Waals surface area contributed by atoms with Gasteiger partial charge in [0.05, 0.1) is 13.0 Å². The number of ether oxygens (including phenoxy) is 1. The van der Waals surface area contributed by atoms with Gasteiger partial charge in [-0.15, -0.1) is 0 Å². The number of nitrogens with zero attached hydrogens (tertiary/aromatic N) is 1. The average Bonchev–Trinajstić information content (AvgIpc) is 2.43. The lowest BCUT2D eigenvalue weighted by Gasteiger charge is -2.32. The van der Waals surface area contributed by atoms with Crippen LogP contribution in [0.3, 0.4) is 0 Å². The zero-order valence-electron chi connectivity index (χ0n) is 11.9. The van der Waals surface area contributed by atoms with Gasteiger partial charge in [-0.05, 0) is 25.7 Å². The molecule has 7 heteroatoms. The number of nitrogens with two attached hydrogens (primary N) is 1. The van der Waals surface area contributed by atoms with Crippen molar-refractivity contribution in [1.29, 1.82) is 0 Å². The van der Waals surface area contributed by atoms with Gasteiger partial charge in [-0.3, -0.25) is 9.59 Å². The van der Waals surface area contributed by atoms with Gasteiger partial charge in [-0.2, -0.15) is 0 Å². The van der Waals surface area contributed by atoms with Crippen LogP contribution in [0.1, 0.15) is 32.6 Å². The van der Waals surface area contributed by atoms with Crippen molar-refractivity contribution in [3.63, 3.8) is 0 Å². The normalized spacial score (nSPS) is 18.4. The third kappa shape index (κ3) is 5.90. The molecule has 0 aromatic carbocycles. The van der Waals surface area contributed by atoms with E-state index in [-0.39, 0.29) is 30.6 Å². The van der Waals surface area contributed by atoms with Crippen LogP contribution in [0.15, 0.2) is 0 Å². The second kappa shape index (κ2) is 8.39. The molecule has 0 aromatic rings. The predicted molar refractivity (Wildman–Crippen MR) is 72.8 cm³/mol. The second-order valence-electron chi connectivity index (χ2n) is 4.90. The van der Waals surface area contributed by atoms with Gasteiger partial charge < -0.3 is 20.7 Å². The number of likely N-dealkylation sites (tertiary alicyclic amines) is 1. The molecule has 1 atom stereocenters. The number of carbonyl (C=O) groups is 3. The maximum Gasteiger partial charge on any atom is 0.312 e. The van der Waals surface area contributed by atoms with Crippen LogP contribution in [0.4, 0.5) is 4.79 Å². The number of urea groups is 1. The van der Waals surface area contributed by atoms with Gasteiger partial charge in [-0.1, -0.05) is 0 Å². The van der Waals surface area contributed by atoms with Crippen LogP contribution in [0.2, 0.25) is 0 Å². The van der Waals surface area contributed by atoms with Gasteiger partial charge >= 0.3 is 12.0 Å². The summed E-state index contributed by atoms with van der Waals surface area (Å²) in [5.41, 5.74) is 5.03. The van der Waals surface area contributed by atoms with E-state index in [4.69, 9.17) is 10.5 Å². The highest BCUT2D eigenvalue weighted by Gasteiger charge is 2.24. The minimum Gasteiger partial charge on any atom is -0.466 e. The first kappa shape index (κ1) is 16.3. The fourth-order valence-electron chi connectivity index (χ4n) is 2.30. The Bertz CT molecular complexity index is 360. The molecule has 0 saturated carbocycles. The molecule has 114 valence electrons. The molecular weight excluding hydrogens is 262 g/mol. The van der Waals surface area contributed by atoms with Gasteiger partial charge in [0.1, 0.15) is 0 Å². The van der Waals surface area contributed by atoms with Crippen molar-refractivity contribution in [3.8, 4) is 0 Å². The molecule has 3 N–H and O–H groups in total. The van der Waals surface area contributed by atoms with Crippen molar-refractivity contribution in [2.45, 2.75) is 32.6 Å². The predicted octanol–water partition coefficient (Wildman–Crippen LogP) is 0.237.